The van der Waals surface area contributed by atoms with Gasteiger partial charge in [-0.2, -0.15) is 0 Å². The Labute approximate surface area is 227 Å². The first-order chi connectivity index (χ1) is 15.5. The standard InChI is InChI=1S/C25H44N2O7.2ClH/c1-21(2)8-7-15(28)23(4)19(21)18(31)20(32)24(5)25(23,33)16(29)13-22(3,34-24)17(30)14-27-11-9-26(6)10-12-27;;/h15,17-20,28,30-33H,7-14H2,1-6H3;2*1H/t15-,17?,18?,19-,20?,22+,23?,24+,25-;;/m0../s1. The molecular formula is C25H46Cl2N2O7. The van der Waals surface area contributed by atoms with Gasteiger partial charge in [-0.1, -0.05) is 20.8 Å². The monoisotopic (exact) mass is 556 g/mol. The maximum Gasteiger partial charge on any atom is 0.171 e. The smallest absolute Gasteiger partial charge is 0.171 e. The molecule has 9 nitrogen and oxygen atoms in total. The van der Waals surface area contributed by atoms with Crippen LogP contribution in [0.25, 0.3) is 0 Å². The molecule has 4 unspecified atom stereocenters. The molecule has 0 aromatic heterocycles. The lowest BCUT2D eigenvalue weighted by Gasteiger charge is -2.71. The number of carbonyl (C=O) groups is 1. The molecule has 4 rings (SSSR count). The Morgan fingerprint density at radius 3 is 2.14 bits per heavy atom. The highest BCUT2D eigenvalue weighted by atomic mass is 35.5. The Balaban J connectivity index is 0.00000228. The lowest BCUT2D eigenvalue weighted by molar-refractivity contribution is -0.381. The normalized spacial score (nSPS) is 48.1. The molecule has 0 spiro atoms. The van der Waals surface area contributed by atoms with Crippen molar-refractivity contribution >= 4 is 30.6 Å². The van der Waals surface area contributed by atoms with E-state index < -0.39 is 63.8 Å². The van der Waals surface area contributed by atoms with Gasteiger partial charge >= 0.3 is 0 Å². The Morgan fingerprint density at radius 1 is 1.03 bits per heavy atom. The number of ether oxygens (including phenoxy) is 1. The van der Waals surface area contributed by atoms with Gasteiger partial charge in [0, 0.05) is 50.5 Å². The Hall–Kier alpha value is -0.0700. The molecule has 0 aromatic rings. The summed E-state index contributed by atoms with van der Waals surface area (Å²) in [6.45, 7) is 12.2. The van der Waals surface area contributed by atoms with Crippen molar-refractivity contribution in [3.63, 3.8) is 0 Å². The molecule has 0 bridgehead atoms. The minimum Gasteiger partial charge on any atom is -0.392 e. The second kappa shape index (κ2) is 10.2. The van der Waals surface area contributed by atoms with Crippen molar-refractivity contribution in [1.29, 1.82) is 0 Å². The summed E-state index contributed by atoms with van der Waals surface area (Å²) in [5, 5.41) is 57.4. The quantitative estimate of drug-likeness (QED) is 0.330. The molecule has 4 fully saturated rings. The van der Waals surface area contributed by atoms with Gasteiger partial charge in [-0.05, 0) is 39.2 Å². The Bertz CT molecular complexity index is 828. The molecule has 2 saturated heterocycles. The molecule has 4 aliphatic rings. The molecule has 5 N–H and O–H groups in total. The fourth-order valence-corrected chi connectivity index (χ4v) is 7.86. The minimum absolute atomic E-state index is 0. The van der Waals surface area contributed by atoms with E-state index in [1.807, 2.05) is 20.9 Å². The molecule has 11 heteroatoms. The number of aliphatic hydroxyl groups is 5. The van der Waals surface area contributed by atoms with E-state index in [1.165, 1.54) is 6.92 Å². The number of hydrogen-bond donors (Lipinski definition) is 5. The number of nitrogens with zero attached hydrogens (tertiary/aromatic N) is 2. The number of Topliss-reactive ketones (excluding diaryl/α,β-unsaturated/α-hetero) is 1. The SMILES string of the molecule is CN1CCN(CC(O)[C@@]2(C)CC(=O)[C@]3(O)C4(C)[C@@H](O)CCC(C)(C)[C@@H]4C(O)C(O)[C@@]3(C)O2)CC1.Cl.Cl. The second-order valence-electron chi connectivity index (χ2n) is 12.7. The Morgan fingerprint density at radius 2 is 1.58 bits per heavy atom. The van der Waals surface area contributed by atoms with Crippen molar-refractivity contribution in [3.05, 3.63) is 0 Å². The van der Waals surface area contributed by atoms with Gasteiger partial charge in [0.2, 0.25) is 0 Å². The predicted octanol–water partition coefficient (Wildman–Crippen LogP) is 0.215. The lowest BCUT2D eigenvalue weighted by atomic mass is 9.40. The fraction of sp³-hybridized carbons (Fsp3) is 0.960. The zero-order chi connectivity index (χ0) is 25.5. The van der Waals surface area contributed by atoms with Gasteiger partial charge in [0.1, 0.15) is 17.3 Å². The van der Waals surface area contributed by atoms with Crippen LogP contribution in [0.2, 0.25) is 0 Å². The van der Waals surface area contributed by atoms with Crippen LogP contribution < -0.4 is 0 Å². The molecule has 0 aromatic carbocycles. The lowest BCUT2D eigenvalue weighted by Crippen LogP contribution is -2.87. The summed E-state index contributed by atoms with van der Waals surface area (Å²) in [6.07, 6.45) is -4.34. The van der Waals surface area contributed by atoms with E-state index in [4.69, 9.17) is 4.74 Å². The third kappa shape index (κ3) is 4.26. The second-order valence-corrected chi connectivity index (χ2v) is 12.7. The van der Waals surface area contributed by atoms with E-state index in [0.29, 0.717) is 19.4 Å². The van der Waals surface area contributed by atoms with E-state index in [1.54, 1.807) is 13.8 Å². The van der Waals surface area contributed by atoms with E-state index >= 15 is 0 Å². The highest BCUT2D eigenvalue weighted by Crippen LogP contribution is 2.66. The maximum atomic E-state index is 13.9. The number of rotatable bonds is 3. The molecule has 2 aliphatic carbocycles. The Kier molecular flexibility index (Phi) is 9.07. The minimum atomic E-state index is -2.24. The van der Waals surface area contributed by atoms with Crippen LogP contribution in [-0.2, 0) is 9.53 Å². The van der Waals surface area contributed by atoms with Gasteiger partial charge < -0.3 is 35.2 Å². The van der Waals surface area contributed by atoms with Gasteiger partial charge in [0.25, 0.3) is 0 Å². The number of likely N-dealkylation sites (N-methyl/N-ethyl adjacent to an activating group) is 1. The van der Waals surface area contributed by atoms with Crippen molar-refractivity contribution < 1.29 is 35.1 Å². The molecular weight excluding hydrogens is 511 g/mol. The van der Waals surface area contributed by atoms with Crippen LogP contribution >= 0.6 is 24.8 Å². The topological polar surface area (TPSA) is 134 Å². The summed E-state index contributed by atoms with van der Waals surface area (Å²) in [7, 11) is 2.05. The van der Waals surface area contributed by atoms with Crippen LogP contribution in [0.3, 0.4) is 0 Å². The summed E-state index contributed by atoms with van der Waals surface area (Å²) in [5.74, 6) is -1.31. The van der Waals surface area contributed by atoms with Crippen molar-refractivity contribution in [2.45, 2.75) is 95.1 Å². The number of halogens is 2. The van der Waals surface area contributed by atoms with Crippen molar-refractivity contribution in [2.24, 2.45) is 16.7 Å². The molecule has 0 radical (unpaired) electrons. The highest BCUT2D eigenvalue weighted by molar-refractivity contribution is 5.92. The van der Waals surface area contributed by atoms with Crippen molar-refractivity contribution in [2.75, 3.05) is 39.8 Å². The van der Waals surface area contributed by atoms with Crippen molar-refractivity contribution in [3.8, 4) is 0 Å². The number of fused-ring (bicyclic) bond motifs is 3. The van der Waals surface area contributed by atoms with Gasteiger partial charge in [-0.15, -0.1) is 24.8 Å². The average Bonchev–Trinajstić information content (AvgIpc) is 2.74. The van der Waals surface area contributed by atoms with Crippen LogP contribution in [-0.4, -0.2) is 122 Å². The van der Waals surface area contributed by atoms with Crippen LogP contribution in [0, 0.1) is 16.7 Å². The third-order valence-corrected chi connectivity index (χ3v) is 10.1. The maximum absolute atomic E-state index is 13.9. The number of hydrogen-bond acceptors (Lipinski definition) is 9. The number of β-amino-alcohol motifs (C(OH)–C–C–N with tert-alkyl or cyclic N) is 1. The first-order valence-electron chi connectivity index (χ1n) is 12.6. The summed E-state index contributed by atoms with van der Waals surface area (Å²) in [4.78, 5) is 18.2. The van der Waals surface area contributed by atoms with E-state index in [0.717, 1.165) is 26.2 Å². The molecule has 2 saturated carbocycles. The number of piperazine rings is 1. The number of carbonyl (C=O) groups excluding carboxylic acids is 1. The molecule has 9 atom stereocenters. The van der Waals surface area contributed by atoms with Gasteiger partial charge in [-0.25, -0.2) is 0 Å². The zero-order valence-corrected chi connectivity index (χ0v) is 23.9. The summed E-state index contributed by atoms with van der Waals surface area (Å²) >= 11 is 0. The zero-order valence-electron chi connectivity index (χ0n) is 22.3. The fourth-order valence-electron chi connectivity index (χ4n) is 7.86. The largest absolute Gasteiger partial charge is 0.392 e. The molecule has 212 valence electrons. The number of ketones is 1. The molecule has 2 aliphatic heterocycles. The van der Waals surface area contributed by atoms with Crippen LogP contribution in [0.15, 0.2) is 0 Å². The van der Waals surface area contributed by atoms with Gasteiger partial charge in [0.05, 0.1) is 18.3 Å². The summed E-state index contributed by atoms with van der Waals surface area (Å²) in [5.41, 5.74) is -7.51. The summed E-state index contributed by atoms with van der Waals surface area (Å²) in [6, 6.07) is 0. The first kappa shape index (κ1) is 32.1. The van der Waals surface area contributed by atoms with Gasteiger partial charge in [0.15, 0.2) is 11.4 Å². The van der Waals surface area contributed by atoms with Gasteiger partial charge in [-0.3, -0.25) is 9.69 Å². The number of aliphatic hydroxyl groups excluding tert-OH is 4. The van der Waals surface area contributed by atoms with Crippen LogP contribution in [0.1, 0.15) is 53.9 Å². The predicted molar refractivity (Wildman–Crippen MR) is 140 cm³/mol. The average molecular weight is 558 g/mol. The van der Waals surface area contributed by atoms with E-state index in [9.17, 15) is 30.3 Å². The van der Waals surface area contributed by atoms with E-state index in [2.05, 4.69) is 9.80 Å². The highest BCUT2D eigenvalue weighted by Gasteiger charge is 2.80. The molecule has 36 heavy (non-hydrogen) atoms. The van der Waals surface area contributed by atoms with Crippen LogP contribution in [0.4, 0.5) is 0 Å². The van der Waals surface area contributed by atoms with Crippen LogP contribution in [0.5, 0.6) is 0 Å². The van der Waals surface area contributed by atoms with E-state index in [-0.39, 0.29) is 31.2 Å². The first-order valence-corrected chi connectivity index (χ1v) is 12.6. The third-order valence-electron chi connectivity index (χ3n) is 10.1. The van der Waals surface area contributed by atoms with Crippen molar-refractivity contribution in [1.82, 2.24) is 9.80 Å². The molecule has 2 heterocycles. The molecule has 0 amide bonds. The summed E-state index contributed by atoms with van der Waals surface area (Å²) < 4.78 is 6.40.